The molecule has 0 aromatic rings. The van der Waals surface area contributed by atoms with Gasteiger partial charge in [-0.25, -0.2) is 0 Å². The fraction of sp³-hybridized carbons (Fsp3) is 0.692. The van der Waals surface area contributed by atoms with E-state index in [-0.39, 0.29) is 30.2 Å². The summed E-state index contributed by atoms with van der Waals surface area (Å²) in [6.45, 7) is 35.4. The number of halogens is 2. The first-order valence-electron chi connectivity index (χ1n) is 11.8. The van der Waals surface area contributed by atoms with Crippen molar-refractivity contribution >= 4 is 21.6 Å². The minimum Gasteiger partial charge on any atom is -1.00 e. The molecule has 32 heavy (non-hydrogen) atoms. The van der Waals surface area contributed by atoms with E-state index in [1.54, 1.807) is 11.1 Å². The Hall–Kier alpha value is 1.07. The maximum atomic E-state index is 2.70. The van der Waals surface area contributed by atoms with Crippen LogP contribution in [0, 0.1) is 10.8 Å². The number of hydrogen-bond acceptors (Lipinski definition) is 0. The normalized spacial score (nSPS) is 17.4. The fourth-order valence-corrected chi connectivity index (χ4v) is 33.5. The first kappa shape index (κ1) is 33.1. The van der Waals surface area contributed by atoms with Gasteiger partial charge in [-0.2, -0.15) is 0 Å². The van der Waals surface area contributed by atoms with Gasteiger partial charge in [-0.15, -0.1) is 0 Å². The van der Waals surface area contributed by atoms with E-state index in [4.69, 9.17) is 0 Å². The molecule has 0 bridgehead atoms. The molecule has 2 aliphatic carbocycles. The van der Waals surface area contributed by atoms with Crippen molar-refractivity contribution in [3.8, 4) is 0 Å². The van der Waals surface area contributed by atoms with Crippen LogP contribution in [0.15, 0.2) is 40.3 Å². The van der Waals surface area contributed by atoms with Crippen molar-refractivity contribution in [2.75, 3.05) is 0 Å². The monoisotopic (exact) mass is 604 g/mol. The van der Waals surface area contributed by atoms with Crippen LogP contribution in [0.1, 0.15) is 54.4 Å². The third-order valence-corrected chi connectivity index (χ3v) is 29.1. The van der Waals surface area contributed by atoms with E-state index >= 15 is 0 Å². The van der Waals surface area contributed by atoms with Gasteiger partial charge in [0.25, 0.3) is 0 Å². The molecule has 0 aromatic heterocycles. The number of allylic oxidation sites excluding steroid dienone is 8. The Kier molecular flexibility index (Phi) is 11.4. The molecule has 0 nitrogen and oxygen atoms in total. The molecule has 2 aliphatic rings. The van der Waals surface area contributed by atoms with Crippen molar-refractivity contribution in [1.29, 1.82) is 0 Å². The van der Waals surface area contributed by atoms with Crippen LogP contribution in [0.5, 0.6) is 0 Å². The Labute approximate surface area is 222 Å². The van der Waals surface area contributed by atoms with Crippen LogP contribution in [0.3, 0.4) is 0 Å². The Morgan fingerprint density at radius 1 is 0.656 bits per heavy atom. The van der Waals surface area contributed by atoms with Crippen LogP contribution in [0.2, 0.25) is 52.4 Å². The van der Waals surface area contributed by atoms with Gasteiger partial charge in [-0.05, 0) is 0 Å². The van der Waals surface area contributed by atoms with Gasteiger partial charge in [-0.3, -0.25) is 0 Å². The van der Waals surface area contributed by atoms with Gasteiger partial charge in [0, 0.05) is 0 Å². The molecule has 0 N–H and O–H groups in total. The second-order valence-corrected chi connectivity index (χ2v) is 41.1. The van der Waals surface area contributed by atoms with Gasteiger partial charge in [0.1, 0.15) is 0 Å². The molecule has 0 radical (unpaired) electrons. The maximum Gasteiger partial charge on any atom is -1.00 e. The molecular weight excluding hydrogens is 559 g/mol. The zero-order valence-electron chi connectivity index (χ0n) is 23.3. The largest absolute Gasteiger partial charge is 1.00 e. The zero-order valence-corrected chi connectivity index (χ0v) is 30.3. The number of rotatable bonds is 4. The van der Waals surface area contributed by atoms with Crippen molar-refractivity contribution in [2.45, 2.75) is 107 Å². The molecule has 6 heteroatoms. The topological polar surface area (TPSA) is 0 Å². The molecule has 0 amide bonds. The van der Waals surface area contributed by atoms with Crippen LogP contribution in [0.25, 0.3) is 0 Å². The number of hydrogen-bond donors (Lipinski definition) is 0. The molecule has 0 saturated carbocycles. The SMILES string of the molecule is C[Si](C)=[Zr+2]([C]1=C([Si](C)(C)C)C=C(C(C)(C)C)C1)[C]1=C([Si](C)(C)C)C=C(C(C)(C)C)C1.[Cl-].[Cl-]. The van der Waals surface area contributed by atoms with E-state index in [1.807, 2.05) is 17.0 Å². The van der Waals surface area contributed by atoms with Gasteiger partial charge in [0.2, 0.25) is 0 Å². The molecule has 0 aliphatic heterocycles. The Bertz CT molecular complexity index is 819. The predicted molar refractivity (Wildman–Crippen MR) is 143 cm³/mol. The second kappa shape index (κ2) is 11.0. The first-order chi connectivity index (χ1) is 13.2. The fourth-order valence-electron chi connectivity index (χ4n) is 4.73. The molecule has 0 aromatic carbocycles. The van der Waals surface area contributed by atoms with Crippen LogP contribution in [0.4, 0.5) is 0 Å². The molecule has 182 valence electrons. The third kappa shape index (κ3) is 7.53. The predicted octanol–water partition coefficient (Wildman–Crippen LogP) is 2.88. The van der Waals surface area contributed by atoms with E-state index in [9.17, 15) is 0 Å². The van der Waals surface area contributed by atoms with Crippen LogP contribution >= 0.6 is 0 Å². The van der Waals surface area contributed by atoms with E-state index < -0.39 is 36.5 Å². The molecule has 0 unspecified atom stereocenters. The summed E-state index contributed by atoms with van der Waals surface area (Å²) in [6.07, 6.45) is 8.02. The minimum atomic E-state index is -1.88. The van der Waals surface area contributed by atoms with E-state index in [2.05, 4.69) is 106 Å². The van der Waals surface area contributed by atoms with Crippen molar-refractivity contribution in [1.82, 2.24) is 0 Å². The van der Waals surface area contributed by atoms with Crippen molar-refractivity contribution in [2.24, 2.45) is 10.8 Å². The van der Waals surface area contributed by atoms with E-state index in [1.165, 1.54) is 12.8 Å². The molecule has 0 saturated heterocycles. The summed E-state index contributed by atoms with van der Waals surface area (Å²) in [5.41, 5.74) is 3.73. The molecule has 0 fully saturated rings. The maximum absolute atomic E-state index is 2.70. The van der Waals surface area contributed by atoms with Crippen molar-refractivity contribution in [3.63, 3.8) is 0 Å². The molecule has 2 rings (SSSR count). The van der Waals surface area contributed by atoms with E-state index in [0.717, 1.165) is 0 Å². The van der Waals surface area contributed by atoms with E-state index in [0.29, 0.717) is 10.8 Å². The summed E-state index contributed by atoms with van der Waals surface area (Å²) in [4.78, 5) is 0. The molecule has 0 heterocycles. The third-order valence-electron chi connectivity index (χ3n) is 6.67. The van der Waals surface area contributed by atoms with Crippen molar-refractivity contribution in [3.05, 3.63) is 40.3 Å². The van der Waals surface area contributed by atoms with Gasteiger partial charge >= 0.3 is 200 Å². The summed E-state index contributed by atoms with van der Waals surface area (Å²) in [5, 5.41) is 3.72. The molecular formula is C26H48Cl2Si3Zr. The van der Waals surface area contributed by atoms with Gasteiger partial charge in [0.05, 0.1) is 0 Å². The van der Waals surface area contributed by atoms with Gasteiger partial charge in [0.15, 0.2) is 0 Å². The zero-order chi connectivity index (χ0) is 23.4. The Morgan fingerprint density at radius 3 is 1.12 bits per heavy atom. The Balaban J connectivity index is 0.00000480. The summed E-state index contributed by atoms with van der Waals surface area (Å²) in [5.74, 6) is 0. The average molecular weight is 607 g/mol. The quantitative estimate of drug-likeness (QED) is 0.432. The smallest absolute Gasteiger partial charge is 1.00 e. The summed E-state index contributed by atoms with van der Waals surface area (Å²) in [7, 11) is -2.70. The summed E-state index contributed by atoms with van der Waals surface area (Å²) in [6, 6.07) is 0. The standard InChI is InChI=1S/2C12H21Si.C2H6Si.2ClH.Zr/c2*1-12(2,3)10-7-8-11(9-10)13(4,5)6;1-3-2;;;/h2*9H,7H2,1-6H3;1-2H3;2*1H;/q;;;;;+2/p-2. The molecule has 0 atom stereocenters. The van der Waals surface area contributed by atoms with Crippen LogP contribution in [-0.4, -0.2) is 21.6 Å². The van der Waals surface area contributed by atoms with Crippen LogP contribution < -0.4 is 24.8 Å². The molecule has 0 spiro atoms. The summed E-state index contributed by atoms with van der Waals surface area (Å²) < 4.78 is 4.05. The second-order valence-electron chi connectivity index (χ2n) is 13.9. The van der Waals surface area contributed by atoms with Crippen molar-refractivity contribution < 1.29 is 45.2 Å². The minimum absolute atomic E-state index is 0. The average Bonchev–Trinajstić information content (AvgIpc) is 3.09. The van der Waals surface area contributed by atoms with Gasteiger partial charge in [-0.1, -0.05) is 0 Å². The summed E-state index contributed by atoms with van der Waals surface area (Å²) >= 11 is -1.88. The van der Waals surface area contributed by atoms with Gasteiger partial charge < -0.3 is 24.8 Å². The Morgan fingerprint density at radius 2 is 0.938 bits per heavy atom. The first-order valence-corrected chi connectivity index (χ1v) is 27.5. The van der Waals surface area contributed by atoms with Crippen LogP contribution in [-0.2, 0) is 20.4 Å².